The van der Waals surface area contributed by atoms with Crippen LogP contribution in [0.5, 0.6) is 5.75 Å². The van der Waals surface area contributed by atoms with E-state index in [1.54, 1.807) is 11.3 Å². The van der Waals surface area contributed by atoms with Gasteiger partial charge in [0.2, 0.25) is 0 Å². The van der Waals surface area contributed by atoms with E-state index in [2.05, 4.69) is 57.6 Å². The Morgan fingerprint density at radius 3 is 2.80 bits per heavy atom. The Kier molecular flexibility index (Phi) is 5.57. The number of aromatic nitrogens is 1. The molecule has 0 radical (unpaired) electrons. The molecule has 3 nitrogen and oxygen atoms in total. The van der Waals surface area contributed by atoms with Gasteiger partial charge in [-0.05, 0) is 40.7 Å². The lowest BCUT2D eigenvalue weighted by atomic mass is 10.2. The van der Waals surface area contributed by atoms with E-state index in [-0.39, 0.29) is 0 Å². The number of nitrogens with one attached hydrogen (secondary N) is 1. The minimum absolute atomic E-state index is 0.473. The average Bonchev–Trinajstić information content (AvgIpc) is 2.87. The SMILES string of the molecule is CNCc1ccc(OCc2csc(C(C)C)n2)c(Br)c1. The molecule has 0 saturated carbocycles. The molecule has 108 valence electrons. The van der Waals surface area contributed by atoms with E-state index in [0.29, 0.717) is 12.5 Å². The Morgan fingerprint density at radius 1 is 1.40 bits per heavy atom. The van der Waals surface area contributed by atoms with Gasteiger partial charge in [-0.1, -0.05) is 19.9 Å². The molecule has 0 aliphatic rings. The summed E-state index contributed by atoms with van der Waals surface area (Å²) in [6, 6.07) is 6.14. The summed E-state index contributed by atoms with van der Waals surface area (Å²) < 4.78 is 6.80. The zero-order chi connectivity index (χ0) is 14.5. The highest BCUT2D eigenvalue weighted by atomic mass is 79.9. The third-order valence-corrected chi connectivity index (χ3v) is 4.63. The van der Waals surface area contributed by atoms with Crippen molar-refractivity contribution in [2.75, 3.05) is 7.05 Å². The monoisotopic (exact) mass is 354 g/mol. The highest BCUT2D eigenvalue weighted by Gasteiger charge is 2.08. The van der Waals surface area contributed by atoms with Crippen molar-refractivity contribution in [2.45, 2.75) is 32.9 Å². The maximum atomic E-state index is 5.83. The van der Waals surface area contributed by atoms with Gasteiger partial charge < -0.3 is 10.1 Å². The van der Waals surface area contributed by atoms with Crippen molar-refractivity contribution in [3.8, 4) is 5.75 Å². The third-order valence-electron chi connectivity index (χ3n) is 2.82. The smallest absolute Gasteiger partial charge is 0.134 e. The molecule has 1 aromatic carbocycles. The lowest BCUT2D eigenvalue weighted by Gasteiger charge is -2.08. The van der Waals surface area contributed by atoms with Crippen LogP contribution in [0.3, 0.4) is 0 Å². The third kappa shape index (κ3) is 4.04. The zero-order valence-electron chi connectivity index (χ0n) is 11.9. The molecule has 5 heteroatoms. The van der Waals surface area contributed by atoms with Gasteiger partial charge in [-0.15, -0.1) is 11.3 Å². The van der Waals surface area contributed by atoms with Gasteiger partial charge in [0.05, 0.1) is 15.2 Å². The molecule has 0 unspecified atom stereocenters. The predicted octanol–water partition coefficient (Wildman–Crippen LogP) is 4.33. The minimum atomic E-state index is 0.473. The van der Waals surface area contributed by atoms with Gasteiger partial charge in [-0.25, -0.2) is 4.98 Å². The Balaban J connectivity index is 1.99. The van der Waals surface area contributed by atoms with Gasteiger partial charge in [0.1, 0.15) is 12.4 Å². The van der Waals surface area contributed by atoms with Crippen molar-refractivity contribution < 1.29 is 4.74 Å². The number of halogens is 1. The summed E-state index contributed by atoms with van der Waals surface area (Å²) in [5.41, 5.74) is 2.22. The second kappa shape index (κ2) is 7.20. The number of hydrogen-bond acceptors (Lipinski definition) is 4. The lowest BCUT2D eigenvalue weighted by molar-refractivity contribution is 0.300. The number of hydrogen-bond donors (Lipinski definition) is 1. The molecule has 0 atom stereocenters. The second-order valence-electron chi connectivity index (χ2n) is 4.92. The van der Waals surface area contributed by atoms with Crippen molar-refractivity contribution in [1.29, 1.82) is 0 Å². The fraction of sp³-hybridized carbons (Fsp3) is 0.400. The molecule has 2 aromatic rings. The first-order valence-corrected chi connectivity index (χ1v) is 8.27. The topological polar surface area (TPSA) is 34.1 Å². The van der Waals surface area contributed by atoms with Gasteiger partial charge in [0.25, 0.3) is 0 Å². The van der Waals surface area contributed by atoms with E-state index in [0.717, 1.165) is 27.5 Å². The molecule has 0 bridgehead atoms. The average molecular weight is 355 g/mol. The van der Waals surface area contributed by atoms with Crippen molar-refractivity contribution in [3.05, 3.63) is 44.3 Å². The predicted molar refractivity (Wildman–Crippen MR) is 87.4 cm³/mol. The van der Waals surface area contributed by atoms with Crippen LogP contribution in [0.15, 0.2) is 28.1 Å². The van der Waals surface area contributed by atoms with Crippen LogP contribution in [-0.2, 0) is 13.2 Å². The summed E-state index contributed by atoms with van der Waals surface area (Å²) in [5, 5.41) is 6.36. The Labute approximate surface area is 132 Å². The number of ether oxygens (including phenoxy) is 1. The normalized spacial score (nSPS) is 11.1. The minimum Gasteiger partial charge on any atom is -0.486 e. The Morgan fingerprint density at radius 2 is 2.20 bits per heavy atom. The van der Waals surface area contributed by atoms with Gasteiger partial charge in [0.15, 0.2) is 0 Å². The molecule has 0 amide bonds. The maximum absolute atomic E-state index is 5.83. The van der Waals surface area contributed by atoms with Crippen LogP contribution in [0.4, 0.5) is 0 Å². The van der Waals surface area contributed by atoms with Crippen molar-refractivity contribution in [2.24, 2.45) is 0 Å². The highest BCUT2D eigenvalue weighted by molar-refractivity contribution is 9.10. The first-order chi connectivity index (χ1) is 9.60. The Hall–Kier alpha value is -0.910. The standard InChI is InChI=1S/C15H19BrN2OS/c1-10(2)15-18-12(9-20-15)8-19-14-5-4-11(7-17-3)6-13(14)16/h4-6,9-10,17H,7-8H2,1-3H3. The molecule has 0 fully saturated rings. The van der Waals surface area contributed by atoms with Crippen LogP contribution in [0.2, 0.25) is 0 Å². The lowest BCUT2D eigenvalue weighted by Crippen LogP contribution is -2.05. The summed E-state index contributed by atoms with van der Waals surface area (Å²) in [6.07, 6.45) is 0. The molecule has 1 aromatic heterocycles. The largest absolute Gasteiger partial charge is 0.486 e. The van der Waals surface area contributed by atoms with Gasteiger partial charge in [0, 0.05) is 17.8 Å². The van der Waals surface area contributed by atoms with E-state index < -0.39 is 0 Å². The fourth-order valence-corrected chi connectivity index (χ4v) is 3.14. The molecule has 0 aliphatic carbocycles. The van der Waals surface area contributed by atoms with Gasteiger partial charge in [-0.3, -0.25) is 0 Å². The van der Waals surface area contributed by atoms with E-state index in [1.807, 2.05) is 13.1 Å². The highest BCUT2D eigenvalue weighted by Crippen LogP contribution is 2.27. The molecule has 20 heavy (non-hydrogen) atoms. The molecule has 2 rings (SSSR count). The van der Waals surface area contributed by atoms with Crippen molar-refractivity contribution >= 4 is 27.3 Å². The van der Waals surface area contributed by atoms with E-state index >= 15 is 0 Å². The summed E-state index contributed by atoms with van der Waals surface area (Å²) in [7, 11) is 1.94. The number of benzene rings is 1. The van der Waals surface area contributed by atoms with E-state index in [4.69, 9.17) is 4.74 Å². The molecule has 1 heterocycles. The number of nitrogens with zero attached hydrogens (tertiary/aromatic N) is 1. The molecular formula is C15H19BrN2OS. The van der Waals surface area contributed by atoms with Crippen LogP contribution in [-0.4, -0.2) is 12.0 Å². The zero-order valence-corrected chi connectivity index (χ0v) is 14.3. The number of thiazole rings is 1. The molecule has 0 spiro atoms. The summed E-state index contributed by atoms with van der Waals surface area (Å²) in [5.74, 6) is 1.32. The molecular weight excluding hydrogens is 336 g/mol. The van der Waals surface area contributed by atoms with Crippen LogP contribution >= 0.6 is 27.3 Å². The van der Waals surface area contributed by atoms with Crippen LogP contribution in [0.1, 0.15) is 36.0 Å². The molecule has 1 N–H and O–H groups in total. The fourth-order valence-electron chi connectivity index (χ4n) is 1.78. The molecule has 0 aliphatic heterocycles. The van der Waals surface area contributed by atoms with Gasteiger partial charge >= 0.3 is 0 Å². The summed E-state index contributed by atoms with van der Waals surface area (Å²) >= 11 is 5.24. The summed E-state index contributed by atoms with van der Waals surface area (Å²) in [4.78, 5) is 4.57. The first-order valence-electron chi connectivity index (χ1n) is 6.60. The first kappa shape index (κ1) is 15.5. The Bertz CT molecular complexity index is 569. The molecule has 0 saturated heterocycles. The van der Waals surface area contributed by atoms with Crippen molar-refractivity contribution in [3.63, 3.8) is 0 Å². The summed E-state index contributed by atoms with van der Waals surface area (Å²) in [6.45, 7) is 5.66. The second-order valence-corrected chi connectivity index (χ2v) is 6.66. The van der Waals surface area contributed by atoms with Crippen molar-refractivity contribution in [1.82, 2.24) is 10.3 Å². The van der Waals surface area contributed by atoms with Crippen LogP contribution in [0, 0.1) is 0 Å². The maximum Gasteiger partial charge on any atom is 0.134 e. The van der Waals surface area contributed by atoms with Gasteiger partial charge in [-0.2, -0.15) is 0 Å². The van der Waals surface area contributed by atoms with Crippen LogP contribution in [0.25, 0.3) is 0 Å². The quantitative estimate of drug-likeness (QED) is 0.838. The number of rotatable bonds is 6. The van der Waals surface area contributed by atoms with E-state index in [9.17, 15) is 0 Å². The van der Waals surface area contributed by atoms with E-state index in [1.165, 1.54) is 5.56 Å². The van der Waals surface area contributed by atoms with Crippen LogP contribution < -0.4 is 10.1 Å².